The minimum absolute atomic E-state index is 0.0153. The van der Waals surface area contributed by atoms with Gasteiger partial charge in [0.1, 0.15) is 36.7 Å². The Morgan fingerprint density at radius 1 is 1.10 bits per heavy atom. The first-order valence-electron chi connectivity index (χ1n) is 13.7. The van der Waals surface area contributed by atoms with Gasteiger partial charge in [0.05, 0.1) is 30.0 Å². The lowest BCUT2D eigenvalue weighted by atomic mass is 9.94. The summed E-state index contributed by atoms with van der Waals surface area (Å²) >= 11 is 0. The maximum atomic E-state index is 15.7. The molecule has 0 N–H and O–H groups in total. The van der Waals surface area contributed by atoms with Crippen molar-refractivity contribution in [1.82, 2.24) is 9.88 Å². The van der Waals surface area contributed by atoms with E-state index in [1.807, 2.05) is 0 Å². The van der Waals surface area contributed by atoms with Crippen LogP contribution in [0.1, 0.15) is 44.7 Å². The fourth-order valence-corrected chi connectivity index (χ4v) is 5.27. The van der Waals surface area contributed by atoms with Gasteiger partial charge in [-0.1, -0.05) is 6.07 Å². The summed E-state index contributed by atoms with van der Waals surface area (Å²) in [5.41, 5.74) is -0.138. The largest absolute Gasteiger partial charge is 0.494 e. The van der Waals surface area contributed by atoms with Crippen molar-refractivity contribution in [3.05, 3.63) is 53.7 Å². The lowest BCUT2D eigenvalue weighted by molar-refractivity contribution is -0.149. The predicted molar refractivity (Wildman–Crippen MR) is 145 cm³/mol. The lowest BCUT2D eigenvalue weighted by Gasteiger charge is -2.35. The van der Waals surface area contributed by atoms with Crippen LogP contribution in [0.5, 0.6) is 0 Å². The Bertz CT molecular complexity index is 1380. The SMILES string of the molecule is CC(C)(C)OC(=O)N1c2cc(F)c(C3=COCCO3)cc2N(C(=O)C2CCN(CC(F)(F)F)CC2)Cc2cccnc21. The molecule has 42 heavy (non-hydrogen) atoms. The number of nitrogens with zero attached hydrogens (tertiary/aromatic N) is 4. The normalized spacial score (nSPS) is 18.2. The molecular formula is C29H32F4N4O5. The van der Waals surface area contributed by atoms with Gasteiger partial charge < -0.3 is 19.1 Å². The number of hydrogen-bond donors (Lipinski definition) is 0. The second-order valence-corrected chi connectivity index (χ2v) is 11.4. The summed E-state index contributed by atoms with van der Waals surface area (Å²) in [5.74, 6) is -1.37. The number of halogens is 4. The van der Waals surface area contributed by atoms with Gasteiger partial charge in [-0.15, -0.1) is 0 Å². The molecule has 0 atom stereocenters. The zero-order valence-corrected chi connectivity index (χ0v) is 23.5. The van der Waals surface area contributed by atoms with Crippen LogP contribution in [0.15, 0.2) is 36.7 Å². The first kappa shape index (κ1) is 29.6. The summed E-state index contributed by atoms with van der Waals surface area (Å²) < 4.78 is 71.2. The molecule has 5 rings (SSSR count). The number of alkyl halides is 3. The minimum atomic E-state index is -4.33. The van der Waals surface area contributed by atoms with Gasteiger partial charge in [0.2, 0.25) is 5.91 Å². The molecule has 0 saturated carbocycles. The predicted octanol–water partition coefficient (Wildman–Crippen LogP) is 5.76. The maximum absolute atomic E-state index is 15.7. The van der Waals surface area contributed by atoms with E-state index in [0.717, 1.165) is 11.0 Å². The molecule has 2 amide bonds. The molecule has 1 saturated heterocycles. The number of pyridine rings is 1. The quantitative estimate of drug-likeness (QED) is 0.419. The van der Waals surface area contributed by atoms with Crippen LogP contribution in [0, 0.1) is 11.7 Å². The van der Waals surface area contributed by atoms with E-state index < -0.39 is 36.2 Å². The van der Waals surface area contributed by atoms with Crippen molar-refractivity contribution < 1.29 is 41.4 Å². The Balaban J connectivity index is 1.59. The summed E-state index contributed by atoms with van der Waals surface area (Å²) in [6.07, 6.45) is -1.95. The highest BCUT2D eigenvalue weighted by Crippen LogP contribution is 2.44. The number of benzene rings is 1. The molecule has 3 aliphatic rings. The van der Waals surface area contributed by atoms with Gasteiger partial charge in [-0.05, 0) is 58.8 Å². The van der Waals surface area contributed by atoms with Crippen molar-refractivity contribution in [3.8, 4) is 0 Å². The fraction of sp³-hybridized carbons (Fsp3) is 0.483. The van der Waals surface area contributed by atoms with Gasteiger partial charge in [-0.2, -0.15) is 13.2 Å². The van der Waals surface area contributed by atoms with Crippen LogP contribution in [0.2, 0.25) is 0 Å². The van der Waals surface area contributed by atoms with E-state index in [2.05, 4.69) is 4.98 Å². The van der Waals surface area contributed by atoms with E-state index >= 15 is 4.39 Å². The zero-order valence-electron chi connectivity index (χ0n) is 23.5. The Morgan fingerprint density at radius 2 is 1.83 bits per heavy atom. The first-order chi connectivity index (χ1) is 19.8. The van der Waals surface area contributed by atoms with Gasteiger partial charge in [-0.3, -0.25) is 9.69 Å². The Kier molecular flexibility index (Phi) is 8.06. The fourth-order valence-electron chi connectivity index (χ4n) is 5.27. The highest BCUT2D eigenvalue weighted by molar-refractivity contribution is 6.06. The summed E-state index contributed by atoms with van der Waals surface area (Å²) in [6.45, 7) is 4.73. The number of anilines is 3. The van der Waals surface area contributed by atoms with Crippen molar-refractivity contribution in [2.45, 2.75) is 51.9 Å². The Labute approximate surface area is 240 Å². The van der Waals surface area contributed by atoms with Crippen LogP contribution in [-0.2, 0) is 25.5 Å². The van der Waals surface area contributed by atoms with Gasteiger partial charge >= 0.3 is 12.3 Å². The highest BCUT2D eigenvalue weighted by Gasteiger charge is 2.40. The second-order valence-electron chi connectivity index (χ2n) is 11.4. The van der Waals surface area contributed by atoms with Crippen molar-refractivity contribution in [2.24, 2.45) is 5.92 Å². The summed E-state index contributed by atoms with van der Waals surface area (Å²) in [5, 5.41) is 0. The number of likely N-dealkylation sites (tertiary alicyclic amines) is 1. The van der Waals surface area contributed by atoms with E-state index in [9.17, 15) is 22.8 Å². The van der Waals surface area contributed by atoms with Gasteiger partial charge in [0.15, 0.2) is 5.76 Å². The molecule has 226 valence electrons. The van der Waals surface area contributed by atoms with Crippen LogP contribution < -0.4 is 9.80 Å². The third-order valence-electron chi connectivity index (χ3n) is 7.10. The van der Waals surface area contributed by atoms with E-state index in [1.165, 1.54) is 28.3 Å². The van der Waals surface area contributed by atoms with Crippen LogP contribution in [-0.4, -0.2) is 66.5 Å². The van der Waals surface area contributed by atoms with Crippen LogP contribution in [0.3, 0.4) is 0 Å². The minimum Gasteiger partial charge on any atom is -0.494 e. The van der Waals surface area contributed by atoms with E-state index in [1.54, 1.807) is 32.9 Å². The number of fused-ring (bicyclic) bond motifs is 2. The van der Waals surface area contributed by atoms with Crippen molar-refractivity contribution in [3.63, 3.8) is 0 Å². The van der Waals surface area contributed by atoms with Crippen molar-refractivity contribution in [2.75, 3.05) is 42.6 Å². The highest BCUT2D eigenvalue weighted by atomic mass is 19.4. The van der Waals surface area contributed by atoms with Crippen molar-refractivity contribution in [1.29, 1.82) is 0 Å². The number of amides is 2. The van der Waals surface area contributed by atoms with Gasteiger partial charge in [0, 0.05) is 23.7 Å². The molecule has 1 aromatic carbocycles. The van der Waals surface area contributed by atoms with E-state index in [0.29, 0.717) is 12.2 Å². The topological polar surface area (TPSA) is 84.4 Å². The van der Waals surface area contributed by atoms with Crippen LogP contribution >= 0.6 is 0 Å². The van der Waals surface area contributed by atoms with Crippen molar-refractivity contribution >= 4 is 35.0 Å². The third kappa shape index (κ3) is 6.45. The molecule has 4 heterocycles. The molecule has 0 bridgehead atoms. The molecular weight excluding hydrogens is 560 g/mol. The molecule has 1 fully saturated rings. The number of ether oxygens (including phenoxy) is 3. The van der Waals surface area contributed by atoms with Crippen LogP contribution in [0.4, 0.5) is 39.5 Å². The Hall–Kier alpha value is -3.87. The molecule has 3 aliphatic heterocycles. The second kappa shape index (κ2) is 11.4. The molecule has 13 heteroatoms. The van der Waals surface area contributed by atoms with Gasteiger partial charge in [-0.25, -0.2) is 19.1 Å². The van der Waals surface area contributed by atoms with E-state index in [4.69, 9.17) is 14.2 Å². The number of aromatic nitrogens is 1. The standard InChI is InChI=1S/C29H32F4N4O5/c1-28(2,3)42-27(39)37-23-14-21(30)20(24-16-40-11-12-41-24)13-22(23)36(15-19-5-4-8-34-25(19)37)26(38)18-6-9-35(10-7-18)17-29(31,32)33/h4-5,8,13-14,16,18H,6-7,9-12,15,17H2,1-3H3. The third-order valence-corrected chi connectivity index (χ3v) is 7.10. The number of carbonyl (C=O) groups excluding carboxylic acids is 2. The first-order valence-corrected chi connectivity index (χ1v) is 13.7. The lowest BCUT2D eigenvalue weighted by Crippen LogP contribution is -2.45. The summed E-state index contributed by atoms with van der Waals surface area (Å²) in [4.78, 5) is 36.0. The zero-order chi connectivity index (χ0) is 30.2. The smallest absolute Gasteiger partial charge is 0.420 e. The van der Waals surface area contributed by atoms with Crippen LogP contribution in [0.25, 0.3) is 5.76 Å². The maximum Gasteiger partial charge on any atom is 0.420 e. The monoisotopic (exact) mass is 592 g/mol. The number of piperidine rings is 1. The number of rotatable bonds is 3. The van der Waals surface area contributed by atoms with E-state index in [-0.39, 0.29) is 73.5 Å². The molecule has 9 nitrogen and oxygen atoms in total. The molecule has 2 aromatic rings. The molecule has 0 unspecified atom stereocenters. The Morgan fingerprint density at radius 3 is 2.48 bits per heavy atom. The molecule has 0 spiro atoms. The number of hydrogen-bond acceptors (Lipinski definition) is 7. The molecule has 1 aromatic heterocycles. The number of carbonyl (C=O) groups is 2. The summed E-state index contributed by atoms with van der Waals surface area (Å²) in [6, 6.07) is 5.91. The molecule has 0 aliphatic carbocycles. The summed E-state index contributed by atoms with van der Waals surface area (Å²) in [7, 11) is 0. The molecule has 0 radical (unpaired) electrons. The average Bonchev–Trinajstić information content (AvgIpc) is 3.05. The van der Waals surface area contributed by atoms with Gasteiger partial charge in [0.25, 0.3) is 0 Å². The average molecular weight is 593 g/mol.